The number of carbonyl (C=O) groups is 1. The van der Waals surface area contributed by atoms with E-state index in [1.165, 1.54) is 0 Å². The van der Waals surface area contributed by atoms with Gasteiger partial charge in [-0.3, -0.25) is 19.6 Å². The molecule has 28 heavy (non-hydrogen) atoms. The van der Waals surface area contributed by atoms with Gasteiger partial charge in [-0.25, -0.2) is 9.37 Å². The van der Waals surface area contributed by atoms with E-state index in [1.54, 1.807) is 17.5 Å². The highest BCUT2D eigenvalue weighted by molar-refractivity contribution is 7.13. The summed E-state index contributed by atoms with van der Waals surface area (Å²) >= 11 is 1.60. The third-order valence-electron chi connectivity index (χ3n) is 4.94. The Hall–Kier alpha value is -2.42. The lowest BCUT2D eigenvalue weighted by molar-refractivity contribution is -0.117. The Morgan fingerprint density at radius 3 is 2.68 bits per heavy atom. The van der Waals surface area contributed by atoms with Gasteiger partial charge >= 0.3 is 0 Å². The van der Waals surface area contributed by atoms with Crippen molar-refractivity contribution in [3.8, 4) is 10.4 Å². The summed E-state index contributed by atoms with van der Waals surface area (Å²) in [6, 6.07) is 8.07. The summed E-state index contributed by atoms with van der Waals surface area (Å²) in [4.78, 5) is 26.2. The van der Waals surface area contributed by atoms with E-state index in [-0.39, 0.29) is 12.6 Å². The third kappa shape index (κ3) is 4.52. The number of anilines is 1. The number of benzene rings is 1. The molecule has 1 saturated heterocycles. The van der Waals surface area contributed by atoms with E-state index in [4.69, 9.17) is 0 Å². The van der Waals surface area contributed by atoms with Crippen molar-refractivity contribution in [2.75, 3.05) is 51.3 Å². The number of hydrogen-bond donors (Lipinski definition) is 1. The molecule has 0 spiro atoms. The number of aromatic nitrogens is 2. The second-order valence-electron chi connectivity index (χ2n) is 6.85. The summed E-state index contributed by atoms with van der Waals surface area (Å²) in [5.41, 5.74) is 2.92. The predicted molar refractivity (Wildman–Crippen MR) is 110 cm³/mol. The normalized spacial score (nSPS) is 15.8. The van der Waals surface area contributed by atoms with Crippen LogP contribution in [0.3, 0.4) is 0 Å². The van der Waals surface area contributed by atoms with E-state index >= 15 is 0 Å². The van der Waals surface area contributed by atoms with Gasteiger partial charge in [0, 0.05) is 50.5 Å². The van der Waals surface area contributed by atoms with Gasteiger partial charge in [-0.1, -0.05) is 12.1 Å². The molecule has 3 aromatic rings. The number of carbonyl (C=O) groups excluding carboxylic acids is 1. The number of rotatable bonds is 6. The number of nitrogens with zero attached hydrogens (tertiary/aromatic N) is 4. The van der Waals surface area contributed by atoms with Crippen LogP contribution in [0.4, 0.5) is 10.2 Å². The van der Waals surface area contributed by atoms with Crippen molar-refractivity contribution in [3.05, 3.63) is 42.2 Å². The van der Waals surface area contributed by atoms with Crippen LogP contribution in [-0.2, 0) is 4.79 Å². The van der Waals surface area contributed by atoms with Crippen LogP contribution in [0.15, 0.2) is 42.2 Å². The number of nitrogens with one attached hydrogen (secondary N) is 1. The molecule has 0 radical (unpaired) electrons. The average Bonchev–Trinajstić information content (AvgIpc) is 3.24. The Bertz CT molecular complexity index is 941. The molecule has 1 aromatic carbocycles. The molecule has 6 nitrogen and oxygen atoms in total. The first-order chi connectivity index (χ1) is 13.7. The third-order valence-corrected chi connectivity index (χ3v) is 5.76. The van der Waals surface area contributed by atoms with E-state index in [9.17, 15) is 9.18 Å². The molecule has 1 amide bonds. The number of thiazole rings is 1. The van der Waals surface area contributed by atoms with Gasteiger partial charge in [0.1, 0.15) is 12.5 Å². The van der Waals surface area contributed by atoms with Gasteiger partial charge in [0.25, 0.3) is 0 Å². The van der Waals surface area contributed by atoms with Crippen LogP contribution in [0.2, 0.25) is 0 Å². The molecule has 0 atom stereocenters. The largest absolute Gasteiger partial charge is 0.310 e. The molecule has 4 rings (SSSR count). The number of hydrogen-bond acceptors (Lipinski definition) is 6. The molecule has 146 valence electrons. The minimum absolute atomic E-state index is 0.0793. The number of piperazine rings is 1. The lowest BCUT2D eigenvalue weighted by Gasteiger charge is -2.33. The monoisotopic (exact) mass is 399 g/mol. The minimum atomic E-state index is -0.321. The Morgan fingerprint density at radius 2 is 1.93 bits per heavy atom. The van der Waals surface area contributed by atoms with Gasteiger partial charge in [-0.2, -0.15) is 0 Å². The van der Waals surface area contributed by atoms with Gasteiger partial charge in [-0.15, -0.1) is 11.3 Å². The van der Waals surface area contributed by atoms with Crippen LogP contribution in [0.25, 0.3) is 21.2 Å². The summed E-state index contributed by atoms with van der Waals surface area (Å²) < 4.78 is 12.4. The van der Waals surface area contributed by atoms with Gasteiger partial charge in [0.15, 0.2) is 0 Å². The van der Waals surface area contributed by atoms with Crippen LogP contribution in [0, 0.1) is 0 Å². The number of fused-ring (bicyclic) bond motifs is 1. The molecule has 1 fully saturated rings. The summed E-state index contributed by atoms with van der Waals surface area (Å²) in [5, 5.41) is 4.94. The van der Waals surface area contributed by atoms with E-state index in [0.717, 1.165) is 47.4 Å². The highest BCUT2D eigenvalue weighted by atomic mass is 32.1. The van der Waals surface area contributed by atoms with Crippen molar-refractivity contribution in [3.63, 3.8) is 0 Å². The number of halogens is 1. The fraction of sp³-hybridized carbons (Fsp3) is 0.350. The Balaban J connectivity index is 1.39. The molecule has 1 aliphatic heterocycles. The Labute approximate surface area is 167 Å². The van der Waals surface area contributed by atoms with Crippen LogP contribution in [0.5, 0.6) is 0 Å². The Morgan fingerprint density at radius 1 is 1.11 bits per heavy atom. The van der Waals surface area contributed by atoms with Gasteiger partial charge in [0.05, 0.1) is 16.9 Å². The molecular formula is C20H22FN5OS. The quantitative estimate of drug-likeness (QED) is 0.691. The summed E-state index contributed by atoms with van der Waals surface area (Å²) in [7, 11) is 0. The predicted octanol–water partition coefficient (Wildman–Crippen LogP) is 2.88. The molecule has 3 heterocycles. The molecule has 0 unspecified atom stereocenters. The topological polar surface area (TPSA) is 61.4 Å². The maximum Gasteiger partial charge on any atom is 0.239 e. The maximum absolute atomic E-state index is 12.4. The number of pyridine rings is 1. The first-order valence-electron chi connectivity index (χ1n) is 9.30. The zero-order valence-electron chi connectivity index (χ0n) is 15.5. The van der Waals surface area contributed by atoms with E-state index in [2.05, 4.69) is 37.2 Å². The summed E-state index contributed by atoms with van der Waals surface area (Å²) in [6.07, 6.45) is 3.63. The zero-order chi connectivity index (χ0) is 19.3. The van der Waals surface area contributed by atoms with Crippen LogP contribution in [-0.4, -0.2) is 71.6 Å². The molecule has 1 aliphatic rings. The van der Waals surface area contributed by atoms with E-state index in [1.807, 2.05) is 23.8 Å². The zero-order valence-corrected chi connectivity index (χ0v) is 16.3. The van der Waals surface area contributed by atoms with Crippen molar-refractivity contribution in [2.45, 2.75) is 0 Å². The van der Waals surface area contributed by atoms with Crippen molar-refractivity contribution in [1.29, 1.82) is 0 Å². The smallest absolute Gasteiger partial charge is 0.239 e. The van der Waals surface area contributed by atoms with E-state index in [0.29, 0.717) is 18.9 Å². The Kier molecular flexibility index (Phi) is 5.90. The number of alkyl halides is 1. The highest BCUT2D eigenvalue weighted by Gasteiger charge is 2.18. The first kappa shape index (κ1) is 18.9. The van der Waals surface area contributed by atoms with Gasteiger partial charge in [0.2, 0.25) is 5.91 Å². The number of amides is 1. The second-order valence-corrected chi connectivity index (χ2v) is 7.74. The van der Waals surface area contributed by atoms with Crippen LogP contribution >= 0.6 is 11.3 Å². The van der Waals surface area contributed by atoms with Crippen molar-refractivity contribution in [2.24, 2.45) is 0 Å². The first-order valence-corrected chi connectivity index (χ1v) is 10.2. The van der Waals surface area contributed by atoms with Crippen molar-refractivity contribution >= 4 is 33.8 Å². The minimum Gasteiger partial charge on any atom is -0.310 e. The lowest BCUT2D eigenvalue weighted by atomic mass is 10.1. The lowest BCUT2D eigenvalue weighted by Crippen LogP contribution is -2.49. The average molecular weight is 399 g/mol. The fourth-order valence-electron chi connectivity index (χ4n) is 3.40. The molecular weight excluding hydrogens is 377 g/mol. The van der Waals surface area contributed by atoms with Gasteiger partial charge < -0.3 is 5.32 Å². The molecule has 0 saturated carbocycles. The SMILES string of the molecule is O=C(CN1CCN(CCF)CC1)Nc1cc2cc(-c3cncs3)ccc2cn1. The van der Waals surface area contributed by atoms with Crippen LogP contribution in [0.1, 0.15) is 0 Å². The summed E-state index contributed by atoms with van der Waals surface area (Å²) in [6.45, 7) is 3.62. The molecule has 2 aromatic heterocycles. The van der Waals surface area contributed by atoms with Crippen LogP contribution < -0.4 is 5.32 Å². The van der Waals surface area contributed by atoms with Crippen molar-refractivity contribution < 1.29 is 9.18 Å². The summed E-state index contributed by atoms with van der Waals surface area (Å²) in [5.74, 6) is 0.472. The highest BCUT2D eigenvalue weighted by Crippen LogP contribution is 2.27. The van der Waals surface area contributed by atoms with Crippen molar-refractivity contribution in [1.82, 2.24) is 19.8 Å². The molecule has 1 N–H and O–H groups in total. The van der Waals surface area contributed by atoms with E-state index < -0.39 is 0 Å². The van der Waals surface area contributed by atoms with Gasteiger partial charge in [-0.05, 0) is 23.1 Å². The second kappa shape index (κ2) is 8.72. The fourth-order valence-corrected chi connectivity index (χ4v) is 4.02. The molecule has 0 aliphatic carbocycles. The standard InChI is InChI=1S/C20H22FN5OS/c21-3-4-25-5-7-26(8-6-25)13-20(27)24-19-10-17-9-15(18-12-22-14-28-18)1-2-16(17)11-23-19/h1-2,9-12,14H,3-8,13H2,(H,23,24,27). The maximum atomic E-state index is 12.4. The molecule has 0 bridgehead atoms. The molecule has 8 heteroatoms.